The molecule has 0 bridgehead atoms. The molecular formula is C17H31N3O. The molecule has 21 heavy (non-hydrogen) atoms. The maximum Gasteiger partial charge on any atom is 0.0624 e. The van der Waals surface area contributed by atoms with Gasteiger partial charge >= 0.3 is 0 Å². The first-order valence-corrected chi connectivity index (χ1v) is 8.58. The highest BCUT2D eigenvalue weighted by atomic mass is 16.5. The second kappa shape index (κ2) is 7.95. The average molecular weight is 293 g/mol. The summed E-state index contributed by atoms with van der Waals surface area (Å²) >= 11 is 0. The molecule has 3 atom stereocenters. The lowest BCUT2D eigenvalue weighted by Gasteiger charge is -2.24. The predicted molar refractivity (Wildman–Crippen MR) is 86.6 cm³/mol. The molecule has 0 radical (unpaired) electrons. The number of hydrogen-bond donors (Lipinski definition) is 1. The number of ether oxygens (including phenoxy) is 1. The molecular weight excluding hydrogens is 262 g/mol. The maximum atomic E-state index is 5.78. The molecule has 1 aliphatic rings. The quantitative estimate of drug-likeness (QED) is 0.801. The fourth-order valence-electron chi connectivity index (χ4n) is 3.22. The van der Waals surface area contributed by atoms with Gasteiger partial charge in [-0.25, -0.2) is 0 Å². The zero-order valence-corrected chi connectivity index (χ0v) is 14.1. The van der Waals surface area contributed by atoms with Gasteiger partial charge < -0.3 is 10.1 Å². The molecule has 120 valence electrons. The van der Waals surface area contributed by atoms with Crippen molar-refractivity contribution in [2.24, 2.45) is 5.92 Å². The van der Waals surface area contributed by atoms with Gasteiger partial charge in [-0.2, -0.15) is 5.10 Å². The minimum absolute atomic E-state index is 0.406. The summed E-state index contributed by atoms with van der Waals surface area (Å²) in [5, 5.41) is 8.42. The van der Waals surface area contributed by atoms with Crippen LogP contribution in [0.1, 0.15) is 51.9 Å². The Morgan fingerprint density at radius 1 is 1.43 bits per heavy atom. The molecule has 0 spiro atoms. The molecule has 0 amide bonds. The van der Waals surface area contributed by atoms with Gasteiger partial charge in [0.2, 0.25) is 0 Å². The van der Waals surface area contributed by atoms with Gasteiger partial charge in [-0.1, -0.05) is 13.8 Å². The predicted octanol–water partition coefficient (Wildman–Crippen LogP) is 2.80. The fourth-order valence-corrected chi connectivity index (χ4v) is 3.22. The summed E-state index contributed by atoms with van der Waals surface area (Å²) in [6.45, 7) is 11.7. The Bertz CT molecular complexity index is 430. The third-order valence-corrected chi connectivity index (χ3v) is 4.46. The molecule has 3 unspecified atom stereocenters. The molecule has 2 rings (SSSR count). The second-order valence-electron chi connectivity index (χ2n) is 6.20. The summed E-state index contributed by atoms with van der Waals surface area (Å²) in [6, 6.07) is 2.78. The van der Waals surface area contributed by atoms with Crippen molar-refractivity contribution in [3.8, 4) is 0 Å². The van der Waals surface area contributed by atoms with E-state index in [4.69, 9.17) is 4.74 Å². The van der Waals surface area contributed by atoms with Gasteiger partial charge in [0.25, 0.3) is 0 Å². The van der Waals surface area contributed by atoms with Crippen LogP contribution in [0.4, 0.5) is 0 Å². The molecule has 1 aliphatic heterocycles. The normalized spacial score (nSPS) is 23.6. The summed E-state index contributed by atoms with van der Waals surface area (Å²) in [5.41, 5.74) is 2.57. The van der Waals surface area contributed by atoms with Crippen LogP contribution in [0.25, 0.3) is 0 Å². The Labute approximate surface area is 129 Å². The van der Waals surface area contributed by atoms with Crippen LogP contribution in [0.3, 0.4) is 0 Å². The second-order valence-corrected chi connectivity index (χ2v) is 6.20. The van der Waals surface area contributed by atoms with Crippen LogP contribution >= 0.6 is 0 Å². The Balaban J connectivity index is 2.08. The molecule has 0 saturated carbocycles. The van der Waals surface area contributed by atoms with E-state index in [1.807, 2.05) is 0 Å². The minimum Gasteiger partial charge on any atom is -0.378 e. The van der Waals surface area contributed by atoms with E-state index in [0.717, 1.165) is 32.5 Å². The van der Waals surface area contributed by atoms with Crippen LogP contribution in [0.2, 0.25) is 0 Å². The smallest absolute Gasteiger partial charge is 0.0624 e. The zero-order valence-electron chi connectivity index (χ0n) is 14.1. The van der Waals surface area contributed by atoms with Crippen molar-refractivity contribution in [1.29, 1.82) is 0 Å². The Kier molecular flexibility index (Phi) is 6.24. The van der Waals surface area contributed by atoms with Crippen LogP contribution in [0.15, 0.2) is 6.07 Å². The summed E-state index contributed by atoms with van der Waals surface area (Å²) in [5.74, 6) is 0.622. The van der Waals surface area contributed by atoms with Crippen LogP contribution in [0, 0.1) is 5.92 Å². The third-order valence-electron chi connectivity index (χ3n) is 4.46. The zero-order chi connectivity index (χ0) is 15.2. The van der Waals surface area contributed by atoms with E-state index in [9.17, 15) is 0 Å². The first-order valence-electron chi connectivity index (χ1n) is 8.58. The topological polar surface area (TPSA) is 39.1 Å². The first-order chi connectivity index (χ1) is 10.2. The highest BCUT2D eigenvalue weighted by molar-refractivity contribution is 5.12. The number of nitrogens with one attached hydrogen (secondary N) is 1. The highest BCUT2D eigenvalue weighted by Gasteiger charge is 2.30. The molecule has 4 heteroatoms. The number of aryl methyl sites for hydroxylation is 2. The van der Waals surface area contributed by atoms with Crippen molar-refractivity contribution in [3.05, 3.63) is 17.5 Å². The first kappa shape index (κ1) is 16.5. The molecule has 1 aromatic rings. The van der Waals surface area contributed by atoms with E-state index in [0.29, 0.717) is 18.1 Å². The van der Waals surface area contributed by atoms with Crippen molar-refractivity contribution >= 4 is 0 Å². The SMILES string of the molecule is CCCNC(Cc1cc(CC)nn1CC)C1COC(C)C1. The highest BCUT2D eigenvalue weighted by Crippen LogP contribution is 2.25. The van der Waals surface area contributed by atoms with E-state index in [2.05, 4.69) is 48.9 Å². The van der Waals surface area contributed by atoms with Crippen molar-refractivity contribution in [1.82, 2.24) is 15.1 Å². The Hall–Kier alpha value is -0.870. The number of hydrogen-bond acceptors (Lipinski definition) is 3. The number of nitrogens with zero attached hydrogens (tertiary/aromatic N) is 2. The van der Waals surface area contributed by atoms with E-state index in [1.165, 1.54) is 24.2 Å². The van der Waals surface area contributed by atoms with Gasteiger partial charge in [0.05, 0.1) is 18.4 Å². The van der Waals surface area contributed by atoms with Gasteiger partial charge in [-0.05, 0) is 45.7 Å². The molecule has 1 aromatic heterocycles. The van der Waals surface area contributed by atoms with E-state index in [1.54, 1.807) is 0 Å². The Morgan fingerprint density at radius 2 is 2.24 bits per heavy atom. The standard InChI is InChI=1S/C17H31N3O/c1-5-8-18-17(14-9-13(4)21-12-14)11-16-10-15(6-2)19-20(16)7-3/h10,13-14,17-18H,5-9,11-12H2,1-4H3. The van der Waals surface area contributed by atoms with E-state index < -0.39 is 0 Å². The minimum atomic E-state index is 0.406. The summed E-state index contributed by atoms with van der Waals surface area (Å²) in [7, 11) is 0. The van der Waals surface area contributed by atoms with Gasteiger partial charge in [-0.3, -0.25) is 4.68 Å². The van der Waals surface area contributed by atoms with Crippen molar-refractivity contribution in [2.75, 3.05) is 13.2 Å². The molecule has 1 saturated heterocycles. The lowest BCUT2D eigenvalue weighted by atomic mass is 9.93. The third kappa shape index (κ3) is 4.30. The maximum absolute atomic E-state index is 5.78. The largest absolute Gasteiger partial charge is 0.378 e. The molecule has 1 N–H and O–H groups in total. The summed E-state index contributed by atoms with van der Waals surface area (Å²) < 4.78 is 7.95. The van der Waals surface area contributed by atoms with Gasteiger partial charge in [0, 0.05) is 30.6 Å². The van der Waals surface area contributed by atoms with Gasteiger partial charge in [-0.15, -0.1) is 0 Å². The van der Waals surface area contributed by atoms with Gasteiger partial charge in [0.1, 0.15) is 0 Å². The van der Waals surface area contributed by atoms with E-state index >= 15 is 0 Å². The summed E-state index contributed by atoms with van der Waals surface area (Å²) in [6.07, 6.45) is 4.82. The molecule has 2 heterocycles. The van der Waals surface area contributed by atoms with E-state index in [-0.39, 0.29) is 0 Å². The summed E-state index contributed by atoms with van der Waals surface area (Å²) in [4.78, 5) is 0. The van der Waals surface area contributed by atoms with Crippen LogP contribution in [0.5, 0.6) is 0 Å². The Morgan fingerprint density at radius 3 is 2.81 bits per heavy atom. The lowest BCUT2D eigenvalue weighted by molar-refractivity contribution is 0.116. The molecule has 0 aromatic carbocycles. The van der Waals surface area contributed by atoms with Crippen LogP contribution in [-0.4, -0.2) is 35.1 Å². The van der Waals surface area contributed by atoms with Crippen molar-refractivity contribution in [3.63, 3.8) is 0 Å². The monoisotopic (exact) mass is 293 g/mol. The van der Waals surface area contributed by atoms with Gasteiger partial charge in [0.15, 0.2) is 0 Å². The number of aromatic nitrogens is 2. The lowest BCUT2D eigenvalue weighted by Crippen LogP contribution is -2.39. The van der Waals surface area contributed by atoms with Crippen molar-refractivity contribution in [2.45, 2.75) is 72.1 Å². The average Bonchev–Trinajstić information content (AvgIpc) is 3.09. The molecule has 0 aliphatic carbocycles. The number of rotatable bonds is 8. The molecule has 1 fully saturated rings. The molecule has 4 nitrogen and oxygen atoms in total. The van der Waals surface area contributed by atoms with Crippen LogP contribution in [-0.2, 0) is 24.1 Å². The van der Waals surface area contributed by atoms with Crippen molar-refractivity contribution < 1.29 is 4.74 Å². The fraction of sp³-hybridized carbons (Fsp3) is 0.824. The van der Waals surface area contributed by atoms with Crippen LogP contribution < -0.4 is 5.32 Å².